The quantitative estimate of drug-likeness (QED) is 0.483. The highest BCUT2D eigenvalue weighted by Gasteiger charge is 2.10. The van der Waals surface area contributed by atoms with Crippen LogP contribution in [0.15, 0.2) is 16.8 Å². The van der Waals surface area contributed by atoms with Crippen LogP contribution in [0.2, 0.25) is 0 Å². The molecule has 2 aliphatic rings. The van der Waals surface area contributed by atoms with E-state index in [0.29, 0.717) is 12.1 Å². The Hall–Kier alpha value is -0.830. The summed E-state index contributed by atoms with van der Waals surface area (Å²) in [5.41, 5.74) is 6.29. The lowest BCUT2D eigenvalue weighted by Crippen LogP contribution is -2.36. The van der Waals surface area contributed by atoms with Gasteiger partial charge in [-0.3, -0.25) is 4.90 Å². The molecule has 0 aromatic rings. The van der Waals surface area contributed by atoms with Crippen molar-refractivity contribution in [3.63, 3.8) is 0 Å². The average molecular weight is 434 g/mol. The van der Waals surface area contributed by atoms with Gasteiger partial charge in [-0.05, 0) is 84.8 Å². The molecule has 0 radical (unpaired) electrons. The van der Waals surface area contributed by atoms with Crippen molar-refractivity contribution in [2.75, 3.05) is 13.1 Å². The number of allylic oxidation sites excluding steroid dienone is 2. The predicted octanol–water partition coefficient (Wildman–Crippen LogP) is 8.25. The lowest BCUT2D eigenvalue weighted by atomic mass is 9.97. The minimum absolute atomic E-state index is 0.690. The molecule has 2 rings (SSSR count). The summed E-state index contributed by atoms with van der Waals surface area (Å²) in [5, 5.41) is 4.80. The maximum absolute atomic E-state index is 4.80. The number of hydrogen-bond acceptors (Lipinski definition) is 3. The minimum atomic E-state index is 0.690. The van der Waals surface area contributed by atoms with Gasteiger partial charge in [0.25, 0.3) is 0 Å². The molecule has 1 aliphatic carbocycles. The molecule has 0 saturated heterocycles. The van der Waals surface area contributed by atoms with Crippen LogP contribution in [-0.4, -0.2) is 35.8 Å². The fourth-order valence-electron chi connectivity index (χ4n) is 4.95. The second-order valence-electron chi connectivity index (χ2n) is 10.1. The highest BCUT2D eigenvalue weighted by Crippen LogP contribution is 2.20. The van der Waals surface area contributed by atoms with Crippen LogP contribution in [0.3, 0.4) is 0 Å². The van der Waals surface area contributed by atoms with Crippen LogP contribution >= 0.6 is 0 Å². The van der Waals surface area contributed by atoms with E-state index in [9.17, 15) is 0 Å². The molecule has 31 heavy (non-hydrogen) atoms. The maximum Gasteiger partial charge on any atom is 0.0631 e. The van der Waals surface area contributed by atoms with Gasteiger partial charge in [0.2, 0.25) is 0 Å². The molecule has 0 amide bonds. The largest absolute Gasteiger partial charge is 0.310 e. The summed E-state index contributed by atoms with van der Waals surface area (Å²) in [6.07, 6.45) is 24.2. The fraction of sp³-hybridized carbons (Fsp3) is 0.893. The van der Waals surface area contributed by atoms with Gasteiger partial charge in [-0.15, -0.1) is 0 Å². The predicted molar refractivity (Wildman–Crippen MR) is 140 cm³/mol. The van der Waals surface area contributed by atoms with Gasteiger partial charge in [0.1, 0.15) is 0 Å². The zero-order valence-electron chi connectivity index (χ0n) is 21.9. The van der Waals surface area contributed by atoms with E-state index in [0.717, 1.165) is 13.1 Å². The number of hydrazone groups is 1. The second kappa shape index (κ2) is 18.7. The van der Waals surface area contributed by atoms with Gasteiger partial charge in [-0.25, -0.2) is 0 Å². The second-order valence-corrected chi connectivity index (χ2v) is 10.1. The van der Waals surface area contributed by atoms with Gasteiger partial charge in [0.15, 0.2) is 0 Å². The molecule has 0 aromatic carbocycles. The summed E-state index contributed by atoms with van der Waals surface area (Å²) >= 11 is 0. The minimum Gasteiger partial charge on any atom is -0.310 e. The first-order chi connectivity index (χ1) is 15.1. The van der Waals surface area contributed by atoms with Crippen LogP contribution in [0.1, 0.15) is 137 Å². The van der Waals surface area contributed by atoms with Crippen LogP contribution in [-0.2, 0) is 0 Å². The van der Waals surface area contributed by atoms with E-state index < -0.39 is 0 Å². The van der Waals surface area contributed by atoms with E-state index in [1.54, 1.807) is 5.57 Å². The van der Waals surface area contributed by atoms with Gasteiger partial charge in [-0.2, -0.15) is 5.10 Å². The number of nitrogens with zero attached hydrogens (tertiary/aromatic N) is 2. The third-order valence-corrected chi connectivity index (χ3v) is 6.77. The van der Waals surface area contributed by atoms with E-state index in [-0.39, 0.29) is 0 Å². The Balaban J connectivity index is 0.000000452. The van der Waals surface area contributed by atoms with Crippen molar-refractivity contribution in [3.05, 3.63) is 11.6 Å². The summed E-state index contributed by atoms with van der Waals surface area (Å²) < 4.78 is 0. The van der Waals surface area contributed by atoms with E-state index >= 15 is 0 Å². The molecule has 1 N–H and O–H groups in total. The third kappa shape index (κ3) is 14.0. The van der Waals surface area contributed by atoms with Gasteiger partial charge in [0, 0.05) is 18.6 Å². The van der Waals surface area contributed by atoms with Crippen LogP contribution in [0.25, 0.3) is 0 Å². The summed E-state index contributed by atoms with van der Waals surface area (Å²) in [6, 6.07) is 1.38. The molecule has 0 saturated carbocycles. The van der Waals surface area contributed by atoms with Crippen LogP contribution in [0.5, 0.6) is 0 Å². The number of hydrogen-bond donors (Lipinski definition) is 1. The molecule has 0 spiro atoms. The Labute approximate surface area is 195 Å². The van der Waals surface area contributed by atoms with E-state index in [4.69, 9.17) is 5.10 Å². The van der Waals surface area contributed by atoms with E-state index in [1.807, 2.05) is 0 Å². The van der Waals surface area contributed by atoms with Gasteiger partial charge in [0.05, 0.1) is 5.71 Å². The first kappa shape index (κ1) is 28.2. The van der Waals surface area contributed by atoms with Crippen LogP contribution < -0.4 is 5.43 Å². The van der Waals surface area contributed by atoms with Crippen molar-refractivity contribution in [2.24, 2.45) is 5.10 Å². The molecule has 182 valence electrons. The van der Waals surface area contributed by atoms with Crippen molar-refractivity contribution in [2.45, 2.75) is 149 Å². The normalized spacial score (nSPS) is 20.5. The third-order valence-electron chi connectivity index (χ3n) is 6.77. The van der Waals surface area contributed by atoms with E-state index in [2.05, 4.69) is 51.0 Å². The Bertz CT molecular complexity index is 437. The highest BCUT2D eigenvalue weighted by molar-refractivity contribution is 5.99. The number of nitrogens with one attached hydrogen (secondary N) is 1. The molecular weight excluding hydrogens is 378 g/mol. The Morgan fingerprint density at radius 2 is 1.26 bits per heavy atom. The molecule has 1 heterocycles. The Kier molecular flexibility index (Phi) is 17.0. The molecule has 1 aliphatic heterocycles. The Morgan fingerprint density at radius 1 is 0.742 bits per heavy atom. The standard InChI is InChI=1S/C20H36N2.C8H19N/c1-2-4-8-12-16-19(15-11-7-3-1)20-17-13-9-5-6-10-14-18-21-22-20;1-6-9(7(2)3)8(4)5/h15,21H,1-14,16-18H2;7-8H,6H2,1-5H3. The van der Waals surface area contributed by atoms with Crippen molar-refractivity contribution < 1.29 is 0 Å². The summed E-state index contributed by atoms with van der Waals surface area (Å²) in [4.78, 5) is 2.46. The fourth-order valence-corrected chi connectivity index (χ4v) is 4.95. The number of rotatable bonds is 4. The highest BCUT2D eigenvalue weighted by atomic mass is 15.3. The monoisotopic (exact) mass is 433 g/mol. The van der Waals surface area contributed by atoms with Gasteiger partial charge >= 0.3 is 0 Å². The molecular formula is C28H55N3. The molecule has 0 atom stereocenters. The average Bonchev–Trinajstić information content (AvgIpc) is 2.84. The summed E-state index contributed by atoms with van der Waals surface area (Å²) in [5.74, 6) is 0. The molecule has 3 heteroatoms. The van der Waals surface area contributed by atoms with Crippen molar-refractivity contribution >= 4 is 5.71 Å². The Morgan fingerprint density at radius 3 is 1.81 bits per heavy atom. The molecule has 3 nitrogen and oxygen atoms in total. The molecule has 0 fully saturated rings. The first-order valence-electron chi connectivity index (χ1n) is 13.8. The van der Waals surface area contributed by atoms with Crippen molar-refractivity contribution in [1.29, 1.82) is 0 Å². The molecule has 0 aromatic heterocycles. The van der Waals surface area contributed by atoms with Crippen molar-refractivity contribution in [3.8, 4) is 0 Å². The van der Waals surface area contributed by atoms with Gasteiger partial charge < -0.3 is 5.43 Å². The van der Waals surface area contributed by atoms with E-state index in [1.165, 1.54) is 108 Å². The van der Waals surface area contributed by atoms with Crippen LogP contribution in [0, 0.1) is 0 Å². The van der Waals surface area contributed by atoms with Crippen LogP contribution in [0.4, 0.5) is 0 Å². The lowest BCUT2D eigenvalue weighted by molar-refractivity contribution is 0.185. The lowest BCUT2D eigenvalue weighted by Gasteiger charge is -2.28. The molecule has 0 bridgehead atoms. The first-order valence-corrected chi connectivity index (χ1v) is 13.8. The zero-order chi connectivity index (χ0) is 22.7. The smallest absolute Gasteiger partial charge is 0.0631 e. The summed E-state index contributed by atoms with van der Waals surface area (Å²) in [7, 11) is 0. The molecule has 0 unspecified atom stereocenters. The topological polar surface area (TPSA) is 27.6 Å². The van der Waals surface area contributed by atoms with Crippen molar-refractivity contribution in [1.82, 2.24) is 10.3 Å². The summed E-state index contributed by atoms with van der Waals surface area (Å²) in [6.45, 7) is 13.4. The maximum atomic E-state index is 4.80. The zero-order valence-corrected chi connectivity index (χ0v) is 21.9. The van der Waals surface area contributed by atoms with Gasteiger partial charge in [-0.1, -0.05) is 70.8 Å². The SMILES string of the molecule is C1=C(C2=NNCCCCCCCC2)CCCCCCCCC1.CCN(C(C)C)C(C)C.